The van der Waals surface area contributed by atoms with Crippen LogP contribution in [0.1, 0.15) is 33.0 Å². The highest BCUT2D eigenvalue weighted by atomic mass is 32.1. The second kappa shape index (κ2) is 5.19. The van der Waals surface area contributed by atoms with Crippen LogP contribution in [0.25, 0.3) is 4.96 Å². The van der Waals surface area contributed by atoms with Gasteiger partial charge in [-0.05, 0) is 45.7 Å². The number of nitrogens with one attached hydrogen (secondary N) is 1. The summed E-state index contributed by atoms with van der Waals surface area (Å²) in [5.74, 6) is 0. The van der Waals surface area contributed by atoms with E-state index in [2.05, 4.69) is 67.6 Å². The minimum Gasteiger partial charge on any atom is -0.379 e. The van der Waals surface area contributed by atoms with Gasteiger partial charge in [-0.15, -0.1) is 11.3 Å². The topological polar surface area (TPSA) is 29.3 Å². The lowest BCUT2D eigenvalue weighted by atomic mass is 10.1. The molecule has 0 atom stereocenters. The van der Waals surface area contributed by atoms with Crippen LogP contribution >= 0.6 is 11.3 Å². The van der Waals surface area contributed by atoms with Crippen LogP contribution in [0.2, 0.25) is 0 Å². The first-order chi connectivity index (χ1) is 9.95. The fourth-order valence-electron chi connectivity index (χ4n) is 2.95. The van der Waals surface area contributed by atoms with Gasteiger partial charge in [-0.2, -0.15) is 0 Å². The molecule has 4 heteroatoms. The van der Waals surface area contributed by atoms with Crippen LogP contribution in [0.3, 0.4) is 0 Å². The molecule has 0 unspecified atom stereocenters. The predicted molar refractivity (Wildman–Crippen MR) is 90.5 cm³/mol. The molecule has 1 N–H and O–H groups in total. The van der Waals surface area contributed by atoms with Crippen LogP contribution in [0, 0.1) is 34.6 Å². The largest absolute Gasteiger partial charge is 0.379 e. The molecule has 1 aromatic carbocycles. The second-order valence-electron chi connectivity index (χ2n) is 5.77. The number of imidazole rings is 1. The predicted octanol–water partition coefficient (Wildman–Crippen LogP) is 4.55. The summed E-state index contributed by atoms with van der Waals surface area (Å²) in [4.78, 5) is 7.02. The highest BCUT2D eigenvalue weighted by molar-refractivity contribution is 7.17. The molecule has 110 valence electrons. The average molecular weight is 299 g/mol. The Labute approximate surface area is 129 Å². The van der Waals surface area contributed by atoms with Crippen molar-refractivity contribution in [3.8, 4) is 0 Å². The maximum absolute atomic E-state index is 4.65. The van der Waals surface area contributed by atoms with E-state index in [-0.39, 0.29) is 0 Å². The Hall–Kier alpha value is -1.81. The average Bonchev–Trinajstić information content (AvgIpc) is 2.84. The smallest absolute Gasteiger partial charge is 0.194 e. The third-order valence-electron chi connectivity index (χ3n) is 3.85. The second-order valence-corrected chi connectivity index (χ2v) is 6.98. The third kappa shape index (κ3) is 2.56. The van der Waals surface area contributed by atoms with Crippen molar-refractivity contribution in [2.24, 2.45) is 0 Å². The highest BCUT2D eigenvalue weighted by Gasteiger charge is 2.12. The first-order valence-corrected chi connectivity index (χ1v) is 8.03. The van der Waals surface area contributed by atoms with E-state index in [4.69, 9.17) is 0 Å². The molecule has 0 radical (unpaired) electrons. The molecule has 0 aliphatic rings. The SMILES string of the molecule is Cc1cc(C)c(NCc2c(C)nc3sc(C)cn23)c(C)c1. The van der Waals surface area contributed by atoms with Crippen LogP contribution in [0.15, 0.2) is 18.3 Å². The van der Waals surface area contributed by atoms with Gasteiger partial charge in [0.05, 0.1) is 17.9 Å². The molecule has 0 spiro atoms. The molecule has 0 amide bonds. The van der Waals surface area contributed by atoms with Gasteiger partial charge in [0.25, 0.3) is 0 Å². The van der Waals surface area contributed by atoms with Crippen molar-refractivity contribution in [1.82, 2.24) is 9.38 Å². The molecule has 0 saturated carbocycles. The number of thiazole rings is 1. The summed E-state index contributed by atoms with van der Waals surface area (Å²) >= 11 is 1.74. The van der Waals surface area contributed by atoms with Gasteiger partial charge in [-0.1, -0.05) is 17.7 Å². The quantitative estimate of drug-likeness (QED) is 0.768. The first kappa shape index (κ1) is 14.1. The van der Waals surface area contributed by atoms with Crippen LogP contribution in [-0.4, -0.2) is 9.38 Å². The Bertz CT molecular complexity index is 788. The zero-order chi connectivity index (χ0) is 15.1. The van der Waals surface area contributed by atoms with Crippen molar-refractivity contribution in [3.63, 3.8) is 0 Å². The highest BCUT2D eigenvalue weighted by Crippen LogP contribution is 2.25. The lowest BCUT2D eigenvalue weighted by Gasteiger charge is -2.14. The van der Waals surface area contributed by atoms with E-state index < -0.39 is 0 Å². The molecule has 0 fully saturated rings. The molecule has 0 saturated heterocycles. The number of aryl methyl sites for hydroxylation is 5. The molecular weight excluding hydrogens is 278 g/mol. The minimum atomic E-state index is 0.800. The Balaban J connectivity index is 1.92. The molecule has 3 aromatic rings. The molecule has 2 heterocycles. The van der Waals surface area contributed by atoms with E-state index in [1.807, 2.05) is 0 Å². The lowest BCUT2D eigenvalue weighted by Crippen LogP contribution is -2.06. The van der Waals surface area contributed by atoms with Crippen molar-refractivity contribution in [2.45, 2.75) is 41.2 Å². The van der Waals surface area contributed by atoms with E-state index >= 15 is 0 Å². The van der Waals surface area contributed by atoms with Crippen molar-refractivity contribution < 1.29 is 0 Å². The van der Waals surface area contributed by atoms with Crippen LogP contribution in [0.4, 0.5) is 5.69 Å². The van der Waals surface area contributed by atoms with Crippen molar-refractivity contribution in [1.29, 1.82) is 0 Å². The van der Waals surface area contributed by atoms with Gasteiger partial charge in [-0.25, -0.2) is 4.98 Å². The van der Waals surface area contributed by atoms with E-state index in [9.17, 15) is 0 Å². The number of nitrogens with zero attached hydrogens (tertiary/aromatic N) is 2. The summed E-state index contributed by atoms with van der Waals surface area (Å²) in [6.45, 7) is 11.5. The first-order valence-electron chi connectivity index (χ1n) is 7.21. The monoisotopic (exact) mass is 299 g/mol. The molecule has 0 aliphatic heterocycles. The summed E-state index contributed by atoms with van der Waals surface area (Å²) in [6.07, 6.45) is 2.17. The van der Waals surface area contributed by atoms with Gasteiger partial charge >= 0.3 is 0 Å². The number of fused-ring (bicyclic) bond motifs is 1. The zero-order valence-electron chi connectivity index (χ0n) is 13.2. The molecular formula is C17H21N3S. The van der Waals surface area contributed by atoms with Crippen molar-refractivity contribution in [3.05, 3.63) is 51.3 Å². The lowest BCUT2D eigenvalue weighted by molar-refractivity contribution is 0.986. The summed E-state index contributed by atoms with van der Waals surface area (Å²) < 4.78 is 2.21. The number of aromatic nitrogens is 2. The molecule has 0 aliphatic carbocycles. The van der Waals surface area contributed by atoms with E-state index in [1.165, 1.54) is 32.9 Å². The van der Waals surface area contributed by atoms with E-state index in [0.717, 1.165) is 17.2 Å². The van der Waals surface area contributed by atoms with E-state index in [1.54, 1.807) is 11.3 Å². The number of rotatable bonds is 3. The maximum atomic E-state index is 4.65. The Morgan fingerprint density at radius 1 is 1.10 bits per heavy atom. The third-order valence-corrected chi connectivity index (χ3v) is 4.75. The normalized spacial score (nSPS) is 11.3. The van der Waals surface area contributed by atoms with Gasteiger partial charge in [0, 0.05) is 16.8 Å². The minimum absolute atomic E-state index is 0.800. The zero-order valence-corrected chi connectivity index (χ0v) is 14.1. The van der Waals surface area contributed by atoms with Gasteiger partial charge in [0.1, 0.15) is 0 Å². The van der Waals surface area contributed by atoms with Gasteiger partial charge in [0.2, 0.25) is 0 Å². The van der Waals surface area contributed by atoms with Gasteiger partial charge < -0.3 is 5.32 Å². The fraction of sp³-hybridized carbons (Fsp3) is 0.353. The Morgan fingerprint density at radius 2 is 1.76 bits per heavy atom. The fourth-order valence-corrected chi connectivity index (χ4v) is 3.84. The van der Waals surface area contributed by atoms with Crippen LogP contribution < -0.4 is 5.32 Å². The molecule has 3 rings (SSSR count). The van der Waals surface area contributed by atoms with Gasteiger partial charge in [-0.3, -0.25) is 4.40 Å². The number of benzene rings is 1. The molecule has 3 nitrogen and oxygen atoms in total. The van der Waals surface area contributed by atoms with Crippen LogP contribution in [-0.2, 0) is 6.54 Å². The van der Waals surface area contributed by atoms with Gasteiger partial charge in [0.15, 0.2) is 4.96 Å². The van der Waals surface area contributed by atoms with Crippen molar-refractivity contribution in [2.75, 3.05) is 5.32 Å². The number of hydrogen-bond acceptors (Lipinski definition) is 3. The summed E-state index contributed by atoms with van der Waals surface area (Å²) in [7, 11) is 0. The summed E-state index contributed by atoms with van der Waals surface area (Å²) in [5, 5.41) is 3.60. The summed E-state index contributed by atoms with van der Waals surface area (Å²) in [5.41, 5.74) is 7.50. The maximum Gasteiger partial charge on any atom is 0.194 e. The van der Waals surface area contributed by atoms with Crippen LogP contribution in [0.5, 0.6) is 0 Å². The molecule has 2 aromatic heterocycles. The number of anilines is 1. The molecule has 0 bridgehead atoms. The Kier molecular flexibility index (Phi) is 3.49. The number of hydrogen-bond donors (Lipinski definition) is 1. The summed E-state index contributed by atoms with van der Waals surface area (Å²) in [6, 6.07) is 4.45. The molecule has 21 heavy (non-hydrogen) atoms. The Morgan fingerprint density at radius 3 is 2.43 bits per heavy atom. The van der Waals surface area contributed by atoms with E-state index in [0.29, 0.717) is 0 Å². The standard InChI is InChI=1S/C17H21N3S/c1-10-6-11(2)16(12(3)7-10)18-8-15-14(5)19-17-20(15)9-13(4)21-17/h6-7,9,18H,8H2,1-5H3. The van der Waals surface area contributed by atoms with Crippen molar-refractivity contribution >= 4 is 22.0 Å².